The highest BCUT2D eigenvalue weighted by Crippen LogP contribution is 2.31. The fraction of sp³-hybridized carbons (Fsp3) is 0.333. The van der Waals surface area contributed by atoms with Gasteiger partial charge < -0.3 is 4.90 Å². The van der Waals surface area contributed by atoms with Crippen molar-refractivity contribution in [3.05, 3.63) is 59.1 Å². The van der Waals surface area contributed by atoms with Crippen LogP contribution in [0.3, 0.4) is 0 Å². The molecule has 1 fully saturated rings. The van der Waals surface area contributed by atoms with Gasteiger partial charge >= 0.3 is 0 Å². The molecule has 1 aliphatic rings. The van der Waals surface area contributed by atoms with E-state index in [1.54, 1.807) is 11.8 Å². The molecule has 0 N–H and O–H groups in total. The van der Waals surface area contributed by atoms with Crippen molar-refractivity contribution in [1.82, 2.24) is 9.80 Å². The number of hydrogen-bond acceptors (Lipinski definition) is 3. The maximum atomic E-state index is 6.18. The summed E-state index contributed by atoms with van der Waals surface area (Å²) in [6.45, 7) is 5.64. The van der Waals surface area contributed by atoms with E-state index in [2.05, 4.69) is 59.0 Å². The number of nitrogens with zero attached hydrogens (tertiary/aromatic N) is 2. The molecule has 1 aliphatic heterocycles. The van der Waals surface area contributed by atoms with E-state index in [0.717, 1.165) is 54.6 Å². The molecule has 0 spiro atoms. The quantitative estimate of drug-likeness (QED) is 0.732. The molecule has 0 atom stereocenters. The van der Waals surface area contributed by atoms with Gasteiger partial charge in [-0.15, -0.1) is 0 Å². The van der Waals surface area contributed by atoms with E-state index in [4.69, 9.17) is 11.6 Å². The van der Waals surface area contributed by atoms with E-state index in [1.807, 2.05) is 18.2 Å². The van der Waals surface area contributed by atoms with Gasteiger partial charge in [0.1, 0.15) is 0 Å². The lowest BCUT2D eigenvalue weighted by Gasteiger charge is -2.31. The number of piperazine rings is 1. The molecular weight excluding hydrogens is 348 g/mol. The second kappa shape index (κ2) is 9.31. The topological polar surface area (TPSA) is 6.48 Å². The van der Waals surface area contributed by atoms with Crippen LogP contribution >= 0.6 is 23.4 Å². The second-order valence-corrected chi connectivity index (χ2v) is 7.80. The lowest BCUT2D eigenvalue weighted by atomic mass is 10.2. The summed E-state index contributed by atoms with van der Waals surface area (Å²) < 4.78 is 0. The number of hydrogen-bond donors (Lipinski definition) is 0. The van der Waals surface area contributed by atoms with Crippen LogP contribution in [0.1, 0.15) is 12.0 Å². The molecule has 1 heterocycles. The summed E-state index contributed by atoms with van der Waals surface area (Å²) in [4.78, 5) is 7.24. The van der Waals surface area contributed by atoms with Crippen LogP contribution in [-0.2, 0) is 0 Å². The molecule has 2 nitrogen and oxygen atoms in total. The molecule has 0 unspecified atom stereocenters. The minimum Gasteiger partial charge on any atom is -0.304 e. The molecule has 25 heavy (non-hydrogen) atoms. The molecule has 0 bridgehead atoms. The van der Waals surface area contributed by atoms with Crippen LogP contribution < -0.4 is 0 Å². The summed E-state index contributed by atoms with van der Waals surface area (Å²) in [6.07, 6.45) is 0.895. The van der Waals surface area contributed by atoms with Crippen LogP contribution in [0.25, 0.3) is 0 Å². The Morgan fingerprint density at radius 2 is 1.80 bits per heavy atom. The lowest BCUT2D eigenvalue weighted by Crippen LogP contribution is -2.44. The Morgan fingerprint density at radius 3 is 2.56 bits per heavy atom. The molecular formula is C21H23ClN2S. The first-order valence-corrected chi connectivity index (χ1v) is 9.82. The van der Waals surface area contributed by atoms with Gasteiger partial charge in [-0.25, -0.2) is 0 Å². The SMILES string of the molecule is CN1CCN(CCC#Cc2cc(Cl)ccc2Sc2ccccc2)CC1. The van der Waals surface area contributed by atoms with E-state index in [9.17, 15) is 0 Å². The van der Waals surface area contributed by atoms with Crippen molar-refractivity contribution in [3.8, 4) is 11.8 Å². The third kappa shape index (κ3) is 5.80. The fourth-order valence-corrected chi connectivity index (χ4v) is 3.82. The van der Waals surface area contributed by atoms with Crippen molar-refractivity contribution in [2.24, 2.45) is 0 Å². The van der Waals surface area contributed by atoms with Crippen LogP contribution in [0.15, 0.2) is 58.3 Å². The zero-order valence-corrected chi connectivity index (χ0v) is 16.1. The van der Waals surface area contributed by atoms with Crippen molar-refractivity contribution in [3.63, 3.8) is 0 Å². The minimum atomic E-state index is 0.737. The van der Waals surface area contributed by atoms with Crippen LogP contribution in [0.5, 0.6) is 0 Å². The third-order valence-corrected chi connectivity index (χ3v) is 5.60. The van der Waals surface area contributed by atoms with E-state index in [0.29, 0.717) is 0 Å². The Morgan fingerprint density at radius 1 is 1.04 bits per heavy atom. The van der Waals surface area contributed by atoms with Gasteiger partial charge in [-0.05, 0) is 37.4 Å². The smallest absolute Gasteiger partial charge is 0.0419 e. The second-order valence-electron chi connectivity index (χ2n) is 6.25. The van der Waals surface area contributed by atoms with Gasteiger partial charge in [0.05, 0.1) is 0 Å². The van der Waals surface area contributed by atoms with Crippen LogP contribution in [-0.4, -0.2) is 49.6 Å². The summed E-state index contributed by atoms with van der Waals surface area (Å²) in [6, 6.07) is 16.3. The van der Waals surface area contributed by atoms with Gasteiger partial charge in [-0.2, -0.15) is 0 Å². The average Bonchev–Trinajstić information content (AvgIpc) is 2.63. The number of rotatable bonds is 4. The monoisotopic (exact) mass is 370 g/mol. The molecule has 130 valence electrons. The van der Waals surface area contributed by atoms with Gasteiger partial charge in [-0.3, -0.25) is 4.90 Å². The zero-order chi connectivity index (χ0) is 17.5. The third-order valence-electron chi connectivity index (χ3n) is 4.28. The molecule has 2 aromatic carbocycles. The summed E-state index contributed by atoms with van der Waals surface area (Å²) in [5.74, 6) is 6.67. The first kappa shape index (κ1) is 18.4. The van der Waals surface area contributed by atoms with Crippen molar-refractivity contribution in [2.75, 3.05) is 39.8 Å². The summed E-state index contributed by atoms with van der Waals surface area (Å²) >= 11 is 7.91. The van der Waals surface area contributed by atoms with Crippen molar-refractivity contribution < 1.29 is 0 Å². The molecule has 1 saturated heterocycles. The van der Waals surface area contributed by atoms with Crippen LogP contribution in [0.4, 0.5) is 0 Å². The van der Waals surface area contributed by atoms with Gasteiger partial charge in [0, 0.05) is 59.5 Å². The highest BCUT2D eigenvalue weighted by atomic mass is 35.5. The molecule has 2 aromatic rings. The molecule has 4 heteroatoms. The van der Waals surface area contributed by atoms with E-state index in [1.165, 1.54) is 4.90 Å². The molecule has 0 amide bonds. The summed E-state index contributed by atoms with van der Waals surface area (Å²) in [5, 5.41) is 0.737. The lowest BCUT2D eigenvalue weighted by molar-refractivity contribution is 0.157. The molecule has 0 aliphatic carbocycles. The molecule has 3 rings (SSSR count). The van der Waals surface area contributed by atoms with Gasteiger partial charge in [0.2, 0.25) is 0 Å². The predicted molar refractivity (Wildman–Crippen MR) is 107 cm³/mol. The van der Waals surface area contributed by atoms with Gasteiger partial charge in [-0.1, -0.05) is 53.4 Å². The van der Waals surface area contributed by atoms with E-state index < -0.39 is 0 Å². The molecule has 0 radical (unpaired) electrons. The Labute approximate surface area is 160 Å². The van der Waals surface area contributed by atoms with Gasteiger partial charge in [0.25, 0.3) is 0 Å². The normalized spacial score (nSPS) is 15.6. The van der Waals surface area contributed by atoms with E-state index >= 15 is 0 Å². The summed E-state index contributed by atoms with van der Waals surface area (Å²) in [5.41, 5.74) is 1.01. The summed E-state index contributed by atoms with van der Waals surface area (Å²) in [7, 11) is 2.18. The van der Waals surface area contributed by atoms with Crippen LogP contribution in [0.2, 0.25) is 5.02 Å². The molecule has 0 aromatic heterocycles. The minimum absolute atomic E-state index is 0.737. The highest BCUT2D eigenvalue weighted by Gasteiger charge is 2.12. The Bertz CT molecular complexity index is 743. The van der Waals surface area contributed by atoms with Gasteiger partial charge in [0.15, 0.2) is 0 Å². The number of halogens is 1. The Balaban J connectivity index is 1.62. The van der Waals surface area contributed by atoms with Crippen molar-refractivity contribution >= 4 is 23.4 Å². The largest absolute Gasteiger partial charge is 0.304 e. The number of benzene rings is 2. The molecule has 0 saturated carbocycles. The van der Waals surface area contributed by atoms with Crippen molar-refractivity contribution in [1.29, 1.82) is 0 Å². The maximum absolute atomic E-state index is 6.18. The van der Waals surface area contributed by atoms with Crippen LogP contribution in [0, 0.1) is 11.8 Å². The first-order chi connectivity index (χ1) is 12.2. The zero-order valence-electron chi connectivity index (χ0n) is 14.5. The first-order valence-electron chi connectivity index (χ1n) is 8.63. The Hall–Kier alpha value is -1.44. The highest BCUT2D eigenvalue weighted by molar-refractivity contribution is 7.99. The average molecular weight is 371 g/mol. The maximum Gasteiger partial charge on any atom is 0.0419 e. The van der Waals surface area contributed by atoms with Crippen molar-refractivity contribution in [2.45, 2.75) is 16.2 Å². The van der Waals surface area contributed by atoms with E-state index in [-0.39, 0.29) is 0 Å². The number of likely N-dealkylation sites (N-methyl/N-ethyl adjacent to an activating group) is 1. The predicted octanol–water partition coefficient (Wildman–Crippen LogP) is 4.48. The fourth-order valence-electron chi connectivity index (χ4n) is 2.75. The Kier molecular flexibility index (Phi) is 6.84. The standard InChI is InChI=1S/C21H23ClN2S/c1-23-13-15-24(16-14-23)12-6-5-7-18-17-19(22)10-11-21(18)25-20-8-3-2-4-9-20/h2-4,8-11,17H,6,12-16H2,1H3.